The lowest BCUT2D eigenvalue weighted by molar-refractivity contribution is 0.627. The van der Waals surface area contributed by atoms with Crippen molar-refractivity contribution in [1.29, 1.82) is 10.5 Å². The van der Waals surface area contributed by atoms with E-state index in [0.29, 0.717) is 16.7 Å². The highest BCUT2D eigenvalue weighted by atomic mass is 19.1. The van der Waals surface area contributed by atoms with Gasteiger partial charge in [-0.05, 0) is 34.9 Å². The fraction of sp³-hybridized carbons (Fsp3) is 0. The number of allylic oxidation sites excluding steroid dienone is 5. The lowest BCUT2D eigenvalue weighted by Crippen LogP contribution is -1.91. The van der Waals surface area contributed by atoms with Crippen molar-refractivity contribution in [2.45, 2.75) is 0 Å². The molecule has 0 unspecified atom stereocenters. The van der Waals surface area contributed by atoms with Crippen molar-refractivity contribution in [3.8, 4) is 23.4 Å². The SMILES string of the molecule is N#C/C=C1C(=C2/c3ccccc3-c3ncccc32)/C(=C/C#N)c2cc(F)ccc2/1. The van der Waals surface area contributed by atoms with Crippen molar-refractivity contribution >= 4 is 16.7 Å². The fourth-order valence-electron chi connectivity index (χ4n) is 4.23. The molecule has 4 heteroatoms. The van der Waals surface area contributed by atoms with Gasteiger partial charge in [0.1, 0.15) is 5.82 Å². The zero-order chi connectivity index (χ0) is 20.0. The maximum absolute atomic E-state index is 14.1. The number of rotatable bonds is 0. The lowest BCUT2D eigenvalue weighted by atomic mass is 9.91. The third-order valence-corrected chi connectivity index (χ3v) is 5.30. The summed E-state index contributed by atoms with van der Waals surface area (Å²) in [6.45, 7) is 0. The van der Waals surface area contributed by atoms with Gasteiger partial charge in [-0.3, -0.25) is 4.98 Å². The van der Waals surface area contributed by atoms with E-state index in [-0.39, 0.29) is 5.82 Å². The van der Waals surface area contributed by atoms with Gasteiger partial charge < -0.3 is 0 Å². The van der Waals surface area contributed by atoms with Crippen LogP contribution in [-0.4, -0.2) is 4.98 Å². The van der Waals surface area contributed by atoms with E-state index < -0.39 is 0 Å². The monoisotopic (exact) mass is 373 g/mol. The number of benzene rings is 2. The van der Waals surface area contributed by atoms with E-state index in [1.54, 1.807) is 12.3 Å². The number of fused-ring (bicyclic) bond motifs is 4. The molecule has 0 aliphatic heterocycles. The van der Waals surface area contributed by atoms with Crippen molar-refractivity contribution in [3.05, 3.63) is 107 Å². The molecule has 0 radical (unpaired) electrons. The maximum atomic E-state index is 14.1. The Labute approximate surface area is 167 Å². The van der Waals surface area contributed by atoms with Gasteiger partial charge in [0.2, 0.25) is 0 Å². The summed E-state index contributed by atoms with van der Waals surface area (Å²) in [5.41, 5.74) is 8.10. The van der Waals surface area contributed by atoms with Gasteiger partial charge in [0.15, 0.2) is 0 Å². The van der Waals surface area contributed by atoms with Crippen molar-refractivity contribution in [3.63, 3.8) is 0 Å². The van der Waals surface area contributed by atoms with Crippen LogP contribution in [0.25, 0.3) is 28.0 Å². The van der Waals surface area contributed by atoms with Gasteiger partial charge in [-0.15, -0.1) is 0 Å². The Kier molecular flexibility index (Phi) is 3.72. The molecule has 0 amide bonds. The van der Waals surface area contributed by atoms with E-state index in [4.69, 9.17) is 0 Å². The smallest absolute Gasteiger partial charge is 0.123 e. The van der Waals surface area contributed by atoms with Crippen molar-refractivity contribution in [2.75, 3.05) is 0 Å². The number of halogens is 1. The second-order valence-electron chi connectivity index (χ2n) is 6.76. The first-order valence-corrected chi connectivity index (χ1v) is 9.04. The summed E-state index contributed by atoms with van der Waals surface area (Å²) < 4.78 is 14.1. The first kappa shape index (κ1) is 16.9. The Bertz CT molecular complexity index is 1330. The molecule has 1 heterocycles. The third kappa shape index (κ3) is 2.37. The van der Waals surface area contributed by atoms with Crippen LogP contribution in [-0.2, 0) is 0 Å². The van der Waals surface area contributed by atoms with Crippen LogP contribution in [0.2, 0.25) is 0 Å². The molecule has 0 bridgehead atoms. The molecule has 0 spiro atoms. The van der Waals surface area contributed by atoms with Gasteiger partial charge in [0, 0.05) is 51.8 Å². The van der Waals surface area contributed by atoms with E-state index in [1.165, 1.54) is 24.3 Å². The van der Waals surface area contributed by atoms with Crippen LogP contribution in [0.3, 0.4) is 0 Å². The van der Waals surface area contributed by atoms with E-state index in [2.05, 4.69) is 17.1 Å². The minimum atomic E-state index is -0.385. The van der Waals surface area contributed by atoms with Crippen LogP contribution in [0.5, 0.6) is 0 Å². The molecule has 2 aliphatic carbocycles. The number of nitrogens with zero attached hydrogens (tertiary/aromatic N) is 3. The molecule has 5 rings (SSSR count). The van der Waals surface area contributed by atoms with Crippen molar-refractivity contribution in [2.24, 2.45) is 0 Å². The summed E-state index contributed by atoms with van der Waals surface area (Å²) in [5, 5.41) is 18.9. The highest BCUT2D eigenvalue weighted by molar-refractivity contribution is 6.19. The van der Waals surface area contributed by atoms with E-state index >= 15 is 0 Å². The number of aromatic nitrogens is 1. The van der Waals surface area contributed by atoms with Gasteiger partial charge in [-0.2, -0.15) is 10.5 Å². The van der Waals surface area contributed by atoms with Gasteiger partial charge >= 0.3 is 0 Å². The van der Waals surface area contributed by atoms with E-state index in [0.717, 1.165) is 39.1 Å². The summed E-state index contributed by atoms with van der Waals surface area (Å²) in [7, 11) is 0. The van der Waals surface area contributed by atoms with Crippen LogP contribution >= 0.6 is 0 Å². The van der Waals surface area contributed by atoms with Crippen molar-refractivity contribution < 1.29 is 4.39 Å². The third-order valence-electron chi connectivity index (χ3n) is 5.30. The molecule has 2 aromatic carbocycles. The summed E-state index contributed by atoms with van der Waals surface area (Å²) >= 11 is 0. The number of pyridine rings is 1. The Morgan fingerprint density at radius 1 is 0.724 bits per heavy atom. The molecular weight excluding hydrogens is 361 g/mol. The predicted molar refractivity (Wildman–Crippen MR) is 109 cm³/mol. The minimum Gasteiger partial charge on any atom is -0.256 e. The van der Waals surface area contributed by atoms with Crippen LogP contribution in [0.1, 0.15) is 22.3 Å². The molecule has 0 fully saturated rings. The van der Waals surface area contributed by atoms with Gasteiger partial charge in [-0.25, -0.2) is 4.39 Å². The Morgan fingerprint density at radius 2 is 1.41 bits per heavy atom. The van der Waals surface area contributed by atoms with Crippen LogP contribution in [0.4, 0.5) is 4.39 Å². The Hall–Kier alpha value is -4.28. The van der Waals surface area contributed by atoms with E-state index in [1.807, 2.05) is 36.4 Å². The molecule has 0 saturated heterocycles. The maximum Gasteiger partial charge on any atom is 0.123 e. The molecular formula is C25H12FN3. The summed E-state index contributed by atoms with van der Waals surface area (Å²) in [6.07, 6.45) is 4.64. The van der Waals surface area contributed by atoms with Crippen molar-refractivity contribution in [1.82, 2.24) is 4.98 Å². The number of nitriles is 2. The average Bonchev–Trinajstić information content (AvgIpc) is 3.21. The second-order valence-corrected chi connectivity index (χ2v) is 6.76. The van der Waals surface area contributed by atoms with Gasteiger partial charge in [0.25, 0.3) is 0 Å². The highest BCUT2D eigenvalue weighted by Gasteiger charge is 2.34. The molecule has 0 N–H and O–H groups in total. The first-order chi connectivity index (χ1) is 14.2. The van der Waals surface area contributed by atoms with Crippen LogP contribution in [0, 0.1) is 28.5 Å². The average molecular weight is 373 g/mol. The van der Waals surface area contributed by atoms with E-state index in [9.17, 15) is 14.9 Å². The predicted octanol–water partition coefficient (Wildman–Crippen LogP) is 5.53. The normalized spacial score (nSPS) is 18.9. The molecule has 2 aliphatic rings. The molecule has 29 heavy (non-hydrogen) atoms. The fourth-order valence-corrected chi connectivity index (χ4v) is 4.23. The molecule has 0 saturated carbocycles. The zero-order valence-corrected chi connectivity index (χ0v) is 15.1. The lowest BCUT2D eigenvalue weighted by Gasteiger charge is -2.11. The first-order valence-electron chi connectivity index (χ1n) is 9.04. The van der Waals surface area contributed by atoms with Gasteiger partial charge in [-0.1, -0.05) is 36.4 Å². The zero-order valence-electron chi connectivity index (χ0n) is 15.1. The summed E-state index contributed by atoms with van der Waals surface area (Å²) in [5.74, 6) is -0.385. The Balaban J connectivity index is 1.96. The second kappa shape index (κ2) is 6.41. The molecule has 3 aromatic rings. The topological polar surface area (TPSA) is 60.5 Å². The quantitative estimate of drug-likeness (QED) is 0.381. The Morgan fingerprint density at radius 3 is 2.17 bits per heavy atom. The standard InChI is InChI=1S/C25H12FN3/c26-15-7-8-16-18(9-11-27)23(19(10-12-28)22(16)14-15)24-17-4-1-2-5-20(17)25-21(24)6-3-13-29-25/h1-10,13-14H/b18-9+,19-10+,24-23+. The molecule has 3 nitrogen and oxygen atoms in total. The largest absolute Gasteiger partial charge is 0.256 e. The highest BCUT2D eigenvalue weighted by Crippen LogP contribution is 2.54. The van der Waals surface area contributed by atoms with Crippen LogP contribution in [0.15, 0.2) is 78.5 Å². The van der Waals surface area contributed by atoms with Crippen LogP contribution < -0.4 is 0 Å². The summed E-state index contributed by atoms with van der Waals surface area (Å²) in [4.78, 5) is 4.56. The minimum absolute atomic E-state index is 0.385. The number of hydrogen-bond donors (Lipinski definition) is 0. The molecule has 1 aromatic heterocycles. The van der Waals surface area contributed by atoms with Gasteiger partial charge in [0.05, 0.1) is 17.8 Å². The molecule has 0 atom stereocenters. The molecule has 134 valence electrons. The summed E-state index contributed by atoms with van der Waals surface area (Å²) in [6, 6.07) is 20.5. The number of hydrogen-bond acceptors (Lipinski definition) is 3.